The highest BCUT2D eigenvalue weighted by molar-refractivity contribution is 8.01. The molecule has 3 heterocycles. The third kappa shape index (κ3) is 4.37. The highest BCUT2D eigenvalue weighted by Crippen LogP contribution is 2.28. The summed E-state index contributed by atoms with van der Waals surface area (Å²) in [6, 6.07) is 5.89. The van der Waals surface area contributed by atoms with Crippen molar-refractivity contribution in [3.63, 3.8) is 0 Å². The monoisotopic (exact) mass is 351 g/mol. The molecule has 1 unspecified atom stereocenters. The van der Waals surface area contributed by atoms with E-state index in [0.29, 0.717) is 19.7 Å². The predicted octanol–water partition coefficient (Wildman–Crippen LogP) is 2.99. The van der Waals surface area contributed by atoms with Crippen molar-refractivity contribution in [3.8, 4) is 0 Å². The Kier molecular flexibility index (Phi) is 5.75. The van der Waals surface area contributed by atoms with E-state index in [0.717, 1.165) is 23.6 Å². The van der Waals surface area contributed by atoms with Gasteiger partial charge >= 0.3 is 0 Å². The Balaban J connectivity index is 1.65. The van der Waals surface area contributed by atoms with E-state index in [-0.39, 0.29) is 12.0 Å². The highest BCUT2D eigenvalue weighted by atomic mass is 32.2. The maximum absolute atomic E-state index is 12.8. The number of aromatic nitrogens is 2. The van der Waals surface area contributed by atoms with Crippen LogP contribution in [0.4, 0.5) is 0 Å². The molecular formula is C16H21N3O2S2. The highest BCUT2D eigenvalue weighted by Gasteiger charge is 2.24. The van der Waals surface area contributed by atoms with Gasteiger partial charge in [-0.05, 0) is 30.4 Å². The molecule has 1 aliphatic rings. The van der Waals surface area contributed by atoms with E-state index in [1.54, 1.807) is 29.3 Å². The Morgan fingerprint density at radius 1 is 1.52 bits per heavy atom. The lowest BCUT2D eigenvalue weighted by atomic mass is 10.3. The molecule has 5 nitrogen and oxygen atoms in total. The zero-order chi connectivity index (χ0) is 16.1. The molecule has 0 N–H and O–H groups in total. The van der Waals surface area contributed by atoms with Crippen LogP contribution in [-0.2, 0) is 11.3 Å². The summed E-state index contributed by atoms with van der Waals surface area (Å²) in [4.78, 5) is 15.5. The van der Waals surface area contributed by atoms with E-state index in [2.05, 4.69) is 12.0 Å². The third-order valence-corrected chi connectivity index (χ3v) is 5.85. The minimum atomic E-state index is -0.00852. The molecule has 0 bridgehead atoms. The van der Waals surface area contributed by atoms with Gasteiger partial charge in [-0.1, -0.05) is 6.92 Å². The van der Waals surface area contributed by atoms with Gasteiger partial charge in [0.2, 0.25) is 0 Å². The van der Waals surface area contributed by atoms with Gasteiger partial charge in [-0.15, -0.1) is 23.1 Å². The maximum Gasteiger partial charge on any atom is 0.264 e. The largest absolute Gasteiger partial charge is 0.374 e. The fraction of sp³-hybridized carbons (Fsp3) is 0.500. The number of amides is 1. The van der Waals surface area contributed by atoms with Crippen molar-refractivity contribution in [2.75, 3.05) is 25.4 Å². The zero-order valence-corrected chi connectivity index (χ0v) is 14.8. The minimum absolute atomic E-state index is 0.00852. The van der Waals surface area contributed by atoms with Gasteiger partial charge < -0.3 is 9.64 Å². The summed E-state index contributed by atoms with van der Waals surface area (Å²) >= 11 is 3.37. The van der Waals surface area contributed by atoms with Gasteiger partial charge in [0.1, 0.15) is 0 Å². The fourth-order valence-corrected chi connectivity index (χ4v) is 4.63. The fourth-order valence-electron chi connectivity index (χ4n) is 2.62. The van der Waals surface area contributed by atoms with Gasteiger partial charge in [0, 0.05) is 32.1 Å². The summed E-state index contributed by atoms with van der Waals surface area (Å²) < 4.78 is 8.95. The SMILES string of the molecule is CCSc1ccc(C(=O)N2CCCOC(Cn3cccn3)C2)s1. The first-order valence-corrected chi connectivity index (χ1v) is 9.67. The van der Waals surface area contributed by atoms with E-state index >= 15 is 0 Å². The third-order valence-electron chi connectivity index (χ3n) is 3.67. The second-order valence-corrected chi connectivity index (χ2v) is 8.03. The van der Waals surface area contributed by atoms with E-state index in [9.17, 15) is 4.79 Å². The minimum Gasteiger partial charge on any atom is -0.374 e. The van der Waals surface area contributed by atoms with Gasteiger partial charge in [0.05, 0.1) is 21.7 Å². The molecule has 1 aliphatic heterocycles. The summed E-state index contributed by atoms with van der Waals surface area (Å²) in [5.41, 5.74) is 0. The van der Waals surface area contributed by atoms with Crippen LogP contribution in [0.25, 0.3) is 0 Å². The molecule has 0 aliphatic carbocycles. The Labute approximate surface area is 144 Å². The molecule has 1 amide bonds. The maximum atomic E-state index is 12.8. The smallest absolute Gasteiger partial charge is 0.264 e. The second-order valence-electron chi connectivity index (χ2n) is 5.38. The lowest BCUT2D eigenvalue weighted by Crippen LogP contribution is -2.38. The number of ether oxygens (including phenoxy) is 1. The summed E-state index contributed by atoms with van der Waals surface area (Å²) in [7, 11) is 0. The molecule has 3 rings (SSSR count). The molecule has 2 aromatic heterocycles. The zero-order valence-electron chi connectivity index (χ0n) is 13.2. The van der Waals surface area contributed by atoms with Crippen LogP contribution in [0.5, 0.6) is 0 Å². The van der Waals surface area contributed by atoms with Crippen LogP contribution in [0.3, 0.4) is 0 Å². The van der Waals surface area contributed by atoms with E-state index in [1.807, 2.05) is 34.0 Å². The first-order chi connectivity index (χ1) is 11.3. The topological polar surface area (TPSA) is 47.4 Å². The number of carbonyl (C=O) groups excluding carboxylic acids is 1. The van der Waals surface area contributed by atoms with Crippen LogP contribution in [0.15, 0.2) is 34.8 Å². The second kappa shape index (κ2) is 7.99. The van der Waals surface area contributed by atoms with Crippen molar-refractivity contribution >= 4 is 29.0 Å². The lowest BCUT2D eigenvalue weighted by molar-refractivity contribution is 0.0368. The van der Waals surface area contributed by atoms with Gasteiger partial charge in [-0.25, -0.2) is 0 Å². The van der Waals surface area contributed by atoms with Gasteiger partial charge in [0.25, 0.3) is 5.91 Å². The Bertz CT molecular complexity index is 627. The van der Waals surface area contributed by atoms with Crippen molar-refractivity contribution in [2.24, 2.45) is 0 Å². The molecule has 1 atom stereocenters. The first kappa shape index (κ1) is 16.5. The number of rotatable bonds is 5. The van der Waals surface area contributed by atoms with Crippen molar-refractivity contribution in [2.45, 2.75) is 30.2 Å². The number of thioether (sulfide) groups is 1. The van der Waals surface area contributed by atoms with Crippen LogP contribution in [0, 0.1) is 0 Å². The molecule has 124 valence electrons. The van der Waals surface area contributed by atoms with E-state index < -0.39 is 0 Å². The molecule has 0 aromatic carbocycles. The summed E-state index contributed by atoms with van der Waals surface area (Å²) in [6.45, 7) is 4.86. The van der Waals surface area contributed by atoms with Crippen molar-refractivity contribution in [1.82, 2.24) is 14.7 Å². The number of hydrogen-bond donors (Lipinski definition) is 0. The van der Waals surface area contributed by atoms with Crippen LogP contribution in [-0.4, -0.2) is 52.1 Å². The molecule has 2 aromatic rings. The van der Waals surface area contributed by atoms with Gasteiger partial charge in [-0.3, -0.25) is 9.48 Å². The Morgan fingerprint density at radius 3 is 3.22 bits per heavy atom. The predicted molar refractivity (Wildman–Crippen MR) is 93.2 cm³/mol. The van der Waals surface area contributed by atoms with Crippen LogP contribution < -0.4 is 0 Å². The first-order valence-electron chi connectivity index (χ1n) is 7.87. The van der Waals surface area contributed by atoms with Crippen LogP contribution in [0.1, 0.15) is 23.0 Å². The quantitative estimate of drug-likeness (QED) is 0.777. The summed E-state index contributed by atoms with van der Waals surface area (Å²) in [5.74, 6) is 1.14. The number of hydrogen-bond acceptors (Lipinski definition) is 5. The average Bonchev–Trinajstić information content (AvgIpc) is 3.16. The van der Waals surface area contributed by atoms with Gasteiger partial charge in [0.15, 0.2) is 0 Å². The molecule has 23 heavy (non-hydrogen) atoms. The molecule has 0 saturated carbocycles. The molecular weight excluding hydrogens is 330 g/mol. The van der Waals surface area contributed by atoms with E-state index in [1.165, 1.54) is 4.21 Å². The molecule has 1 fully saturated rings. The number of carbonyl (C=O) groups is 1. The Morgan fingerprint density at radius 2 is 2.43 bits per heavy atom. The summed E-state index contributed by atoms with van der Waals surface area (Å²) in [5, 5.41) is 4.23. The number of nitrogens with zero attached hydrogens (tertiary/aromatic N) is 3. The average molecular weight is 351 g/mol. The van der Waals surface area contributed by atoms with E-state index in [4.69, 9.17) is 4.74 Å². The van der Waals surface area contributed by atoms with Crippen molar-refractivity contribution in [3.05, 3.63) is 35.5 Å². The molecule has 0 spiro atoms. The normalized spacial score (nSPS) is 18.8. The molecule has 1 saturated heterocycles. The van der Waals surface area contributed by atoms with Gasteiger partial charge in [-0.2, -0.15) is 5.10 Å². The summed E-state index contributed by atoms with van der Waals surface area (Å²) in [6.07, 6.45) is 4.56. The molecule has 7 heteroatoms. The molecule has 0 radical (unpaired) electrons. The lowest BCUT2D eigenvalue weighted by Gasteiger charge is -2.23. The standard InChI is InChI=1S/C16H21N3O2S2/c1-2-22-15-6-5-14(23-15)16(20)18-8-4-10-21-13(11-18)12-19-9-3-7-17-19/h3,5-7,9,13H,2,4,8,10-12H2,1H3. The van der Waals surface area contributed by atoms with Crippen LogP contribution >= 0.6 is 23.1 Å². The van der Waals surface area contributed by atoms with Crippen LogP contribution in [0.2, 0.25) is 0 Å². The van der Waals surface area contributed by atoms with Crippen molar-refractivity contribution < 1.29 is 9.53 Å². The Hall–Kier alpha value is -1.31. The number of thiophene rings is 1. The van der Waals surface area contributed by atoms with Crippen molar-refractivity contribution in [1.29, 1.82) is 0 Å².